The topological polar surface area (TPSA) is 12.0 Å². The molecule has 96 valence electrons. The summed E-state index contributed by atoms with van der Waals surface area (Å²) in [6.07, 6.45) is 0. The molecule has 1 N–H and O–H groups in total. The van der Waals surface area contributed by atoms with Crippen LogP contribution < -0.4 is 5.32 Å². The zero-order chi connectivity index (χ0) is 13.1. The van der Waals surface area contributed by atoms with Crippen molar-refractivity contribution in [1.82, 2.24) is 5.32 Å². The second-order valence-corrected chi connectivity index (χ2v) is 5.93. The number of benzene rings is 1. The van der Waals surface area contributed by atoms with Gasteiger partial charge in [-0.05, 0) is 58.0 Å². The molecule has 4 heteroatoms. The van der Waals surface area contributed by atoms with Gasteiger partial charge in [0.15, 0.2) is 0 Å². The van der Waals surface area contributed by atoms with Gasteiger partial charge in [-0.15, -0.1) is 11.3 Å². The molecule has 0 aliphatic rings. The fourth-order valence-electron chi connectivity index (χ4n) is 1.87. The van der Waals surface area contributed by atoms with Crippen molar-refractivity contribution in [3.05, 3.63) is 55.9 Å². The van der Waals surface area contributed by atoms with Gasteiger partial charge in [-0.25, -0.2) is 4.39 Å². The van der Waals surface area contributed by atoms with Gasteiger partial charge in [0.2, 0.25) is 0 Å². The number of halogens is 2. The second-order valence-electron chi connectivity index (χ2n) is 4.13. The first-order chi connectivity index (χ1) is 8.63. The molecule has 0 amide bonds. The predicted molar refractivity (Wildman–Crippen MR) is 78.7 cm³/mol. The number of nitrogens with one attached hydrogen (secondary N) is 1. The highest BCUT2D eigenvalue weighted by Gasteiger charge is 2.18. The Balaban J connectivity index is 2.41. The maximum Gasteiger partial charge on any atom is 0.126 e. The maximum atomic E-state index is 13.7. The van der Waals surface area contributed by atoms with Gasteiger partial charge in [-0.1, -0.05) is 19.1 Å². The van der Waals surface area contributed by atoms with Crippen LogP contribution in [0.2, 0.25) is 0 Å². The van der Waals surface area contributed by atoms with Gasteiger partial charge >= 0.3 is 0 Å². The quantitative estimate of drug-likeness (QED) is 0.861. The van der Waals surface area contributed by atoms with E-state index in [2.05, 4.69) is 28.2 Å². The Kier molecular flexibility index (Phi) is 4.54. The van der Waals surface area contributed by atoms with Crippen molar-refractivity contribution < 1.29 is 4.39 Å². The third kappa shape index (κ3) is 2.82. The minimum absolute atomic E-state index is 0.0412. The normalized spacial score (nSPS) is 12.7. The molecule has 0 aliphatic heterocycles. The largest absolute Gasteiger partial charge is 0.306 e. The molecule has 0 saturated heterocycles. The predicted octanol–water partition coefficient (Wildman–Crippen LogP) is 4.66. The molecule has 1 aromatic heterocycles. The summed E-state index contributed by atoms with van der Waals surface area (Å²) in [5.74, 6) is -0.150. The van der Waals surface area contributed by atoms with Crippen LogP contribution in [0.3, 0.4) is 0 Å². The fourth-order valence-corrected chi connectivity index (χ4v) is 3.57. The molecule has 1 aromatic carbocycles. The highest BCUT2D eigenvalue weighted by atomic mass is 79.9. The second kappa shape index (κ2) is 5.95. The molecule has 0 radical (unpaired) electrons. The van der Waals surface area contributed by atoms with Gasteiger partial charge in [0.05, 0.1) is 6.04 Å². The van der Waals surface area contributed by atoms with Crippen LogP contribution >= 0.6 is 27.3 Å². The minimum Gasteiger partial charge on any atom is -0.306 e. The molecule has 0 saturated carbocycles. The van der Waals surface area contributed by atoms with Gasteiger partial charge in [-0.3, -0.25) is 0 Å². The van der Waals surface area contributed by atoms with Gasteiger partial charge < -0.3 is 5.32 Å². The third-order valence-corrected chi connectivity index (χ3v) is 4.78. The van der Waals surface area contributed by atoms with E-state index in [-0.39, 0.29) is 11.9 Å². The first kappa shape index (κ1) is 13.7. The standard InChI is InChI=1S/C14H15BrFNS/c1-3-17-13(14-11(15)6-7-18-14)10-5-4-9(2)12(16)8-10/h4-8,13,17H,3H2,1-2H3. The van der Waals surface area contributed by atoms with Crippen LogP contribution in [0.5, 0.6) is 0 Å². The molecular formula is C14H15BrFNS. The molecule has 1 heterocycles. The van der Waals surface area contributed by atoms with Crippen molar-refractivity contribution in [3.63, 3.8) is 0 Å². The molecule has 0 bridgehead atoms. The van der Waals surface area contributed by atoms with Crippen LogP contribution in [0.1, 0.15) is 29.0 Å². The Hall–Kier alpha value is -0.710. The number of thiophene rings is 1. The first-order valence-corrected chi connectivity index (χ1v) is 7.53. The van der Waals surface area contributed by atoms with Gasteiger partial charge in [-0.2, -0.15) is 0 Å². The molecule has 0 spiro atoms. The summed E-state index contributed by atoms with van der Waals surface area (Å²) in [5.41, 5.74) is 1.64. The lowest BCUT2D eigenvalue weighted by molar-refractivity contribution is 0.600. The Labute approximate surface area is 119 Å². The van der Waals surface area contributed by atoms with Crippen LogP contribution in [-0.2, 0) is 0 Å². The average molecular weight is 328 g/mol. The van der Waals surface area contributed by atoms with Crippen molar-refractivity contribution in [3.8, 4) is 0 Å². The van der Waals surface area contributed by atoms with Crippen molar-refractivity contribution in [2.24, 2.45) is 0 Å². The van der Waals surface area contributed by atoms with Crippen LogP contribution in [0.4, 0.5) is 4.39 Å². The van der Waals surface area contributed by atoms with E-state index in [1.54, 1.807) is 24.3 Å². The Morgan fingerprint density at radius 2 is 2.17 bits per heavy atom. The van der Waals surface area contributed by atoms with E-state index < -0.39 is 0 Å². The van der Waals surface area contributed by atoms with Gasteiger partial charge in [0, 0.05) is 9.35 Å². The Morgan fingerprint density at radius 1 is 1.39 bits per heavy atom. The van der Waals surface area contributed by atoms with Crippen molar-refractivity contribution >= 4 is 27.3 Å². The molecule has 0 aliphatic carbocycles. The number of aryl methyl sites for hydroxylation is 1. The monoisotopic (exact) mass is 327 g/mol. The summed E-state index contributed by atoms with van der Waals surface area (Å²) in [5, 5.41) is 5.44. The molecule has 1 unspecified atom stereocenters. The molecule has 1 atom stereocenters. The van der Waals surface area contributed by atoms with Crippen molar-refractivity contribution in [2.75, 3.05) is 6.54 Å². The lowest BCUT2D eigenvalue weighted by Crippen LogP contribution is -2.21. The maximum absolute atomic E-state index is 13.7. The number of hydrogen-bond acceptors (Lipinski definition) is 2. The smallest absolute Gasteiger partial charge is 0.126 e. The fraction of sp³-hybridized carbons (Fsp3) is 0.286. The number of hydrogen-bond donors (Lipinski definition) is 1. The first-order valence-electron chi connectivity index (χ1n) is 5.85. The zero-order valence-corrected chi connectivity index (χ0v) is 12.7. The molecule has 0 fully saturated rings. The summed E-state index contributed by atoms with van der Waals surface area (Å²) in [4.78, 5) is 1.18. The third-order valence-electron chi connectivity index (χ3n) is 2.84. The summed E-state index contributed by atoms with van der Waals surface area (Å²) < 4.78 is 14.8. The molecular weight excluding hydrogens is 313 g/mol. The van der Waals surface area contributed by atoms with Crippen LogP contribution in [-0.4, -0.2) is 6.54 Å². The lowest BCUT2D eigenvalue weighted by atomic mass is 10.0. The summed E-state index contributed by atoms with van der Waals surface area (Å²) in [6.45, 7) is 4.67. The van der Waals surface area contributed by atoms with Crippen molar-refractivity contribution in [2.45, 2.75) is 19.9 Å². The molecule has 1 nitrogen and oxygen atoms in total. The summed E-state index contributed by atoms with van der Waals surface area (Å²) in [7, 11) is 0. The van der Waals surface area contributed by atoms with Crippen LogP contribution in [0, 0.1) is 12.7 Å². The van der Waals surface area contributed by atoms with Gasteiger partial charge in [0.1, 0.15) is 5.82 Å². The summed E-state index contributed by atoms with van der Waals surface area (Å²) >= 11 is 5.21. The number of rotatable bonds is 4. The van der Waals surface area contributed by atoms with Crippen LogP contribution in [0.15, 0.2) is 34.1 Å². The van der Waals surface area contributed by atoms with Gasteiger partial charge in [0.25, 0.3) is 0 Å². The van der Waals surface area contributed by atoms with Crippen molar-refractivity contribution in [1.29, 1.82) is 0 Å². The molecule has 18 heavy (non-hydrogen) atoms. The van der Waals surface area contributed by atoms with E-state index in [0.717, 1.165) is 16.6 Å². The van der Waals surface area contributed by atoms with E-state index >= 15 is 0 Å². The zero-order valence-electron chi connectivity index (χ0n) is 10.3. The lowest BCUT2D eigenvalue weighted by Gasteiger charge is -2.18. The Morgan fingerprint density at radius 3 is 2.72 bits per heavy atom. The van der Waals surface area contributed by atoms with E-state index in [1.807, 2.05) is 23.6 Å². The van der Waals surface area contributed by atoms with E-state index in [4.69, 9.17) is 0 Å². The van der Waals surface area contributed by atoms with E-state index in [1.165, 1.54) is 4.88 Å². The Bertz CT molecular complexity index is 538. The van der Waals surface area contributed by atoms with E-state index in [0.29, 0.717) is 5.56 Å². The molecule has 2 rings (SSSR count). The van der Waals surface area contributed by atoms with E-state index in [9.17, 15) is 4.39 Å². The minimum atomic E-state index is -0.150. The average Bonchev–Trinajstić information content (AvgIpc) is 2.76. The SMILES string of the molecule is CCNC(c1ccc(C)c(F)c1)c1sccc1Br. The van der Waals surface area contributed by atoms with Crippen LogP contribution in [0.25, 0.3) is 0 Å². The highest BCUT2D eigenvalue weighted by molar-refractivity contribution is 9.10. The summed E-state index contributed by atoms with van der Waals surface area (Å²) in [6, 6.07) is 7.50. The molecule has 2 aromatic rings. The highest BCUT2D eigenvalue weighted by Crippen LogP contribution is 2.33.